The van der Waals surface area contributed by atoms with Crippen molar-refractivity contribution in [1.29, 1.82) is 0 Å². The number of carbonyl (C=O) groups is 1. The Kier molecular flexibility index (Phi) is 8.03. The number of nitrogens with zero attached hydrogens (tertiary/aromatic N) is 1. The minimum atomic E-state index is -3.47. The number of hydrogen-bond donors (Lipinski definition) is 2. The second-order valence-corrected chi connectivity index (χ2v) is 7.26. The lowest BCUT2D eigenvalue weighted by Gasteiger charge is -2.21. The molecule has 0 saturated heterocycles. The molecule has 1 rings (SSSR count). The Labute approximate surface area is 138 Å². The summed E-state index contributed by atoms with van der Waals surface area (Å²) in [6.45, 7) is 5.55. The molecule has 1 aromatic carbocycles. The highest BCUT2D eigenvalue weighted by Crippen LogP contribution is 2.17. The van der Waals surface area contributed by atoms with Gasteiger partial charge in [0.15, 0.2) is 0 Å². The topological polar surface area (TPSA) is 92.5 Å². The Morgan fingerprint density at radius 2 is 1.73 bits per heavy atom. The second-order valence-electron chi connectivity index (χ2n) is 5.27. The molecule has 0 aliphatic heterocycles. The number of nitrogens with two attached hydrogens (primary N) is 1. The molecule has 0 aromatic heterocycles. The molecule has 0 unspecified atom stereocenters. The van der Waals surface area contributed by atoms with Crippen molar-refractivity contribution >= 4 is 28.3 Å². The first-order valence-electron chi connectivity index (χ1n) is 6.76. The number of benzene rings is 1. The number of amides is 1. The molecule has 126 valence electrons. The van der Waals surface area contributed by atoms with Crippen molar-refractivity contribution in [3.8, 4) is 0 Å². The molecule has 1 amide bonds. The maximum Gasteiger partial charge on any atom is 0.243 e. The zero-order chi connectivity index (χ0) is 16.2. The number of sulfonamides is 1. The normalized spacial score (nSPS) is 12.9. The lowest BCUT2D eigenvalue weighted by atomic mass is 10.2. The van der Waals surface area contributed by atoms with Crippen LogP contribution in [0.25, 0.3) is 0 Å². The molecule has 0 saturated carbocycles. The summed E-state index contributed by atoms with van der Waals surface area (Å²) >= 11 is 0. The summed E-state index contributed by atoms with van der Waals surface area (Å²) in [5.74, 6) is -0.244. The molecule has 6 nitrogen and oxygen atoms in total. The molecule has 1 aromatic rings. The van der Waals surface area contributed by atoms with E-state index in [4.69, 9.17) is 5.73 Å². The van der Waals surface area contributed by atoms with Crippen LogP contribution in [0.2, 0.25) is 0 Å². The smallest absolute Gasteiger partial charge is 0.243 e. The van der Waals surface area contributed by atoms with Gasteiger partial charge in [-0.1, -0.05) is 12.1 Å². The molecular formula is C14H24ClN3O3S. The SMILES string of the molecule is CC(C)N(C)S(=O)(=O)c1ccc(CNC(=O)[C@@H](C)N)cc1.Cl. The van der Waals surface area contributed by atoms with E-state index in [0.29, 0.717) is 6.54 Å². The van der Waals surface area contributed by atoms with Crippen molar-refractivity contribution in [3.05, 3.63) is 29.8 Å². The molecule has 1 atom stereocenters. The highest BCUT2D eigenvalue weighted by molar-refractivity contribution is 7.89. The van der Waals surface area contributed by atoms with Gasteiger partial charge in [-0.25, -0.2) is 8.42 Å². The molecule has 0 radical (unpaired) electrons. The summed E-state index contributed by atoms with van der Waals surface area (Å²) < 4.78 is 25.9. The predicted molar refractivity (Wildman–Crippen MR) is 89.3 cm³/mol. The number of halogens is 1. The highest BCUT2D eigenvalue weighted by atomic mass is 35.5. The van der Waals surface area contributed by atoms with Crippen LogP contribution in [-0.2, 0) is 21.4 Å². The van der Waals surface area contributed by atoms with E-state index in [0.717, 1.165) is 5.56 Å². The first-order valence-corrected chi connectivity index (χ1v) is 8.20. The lowest BCUT2D eigenvalue weighted by Crippen LogP contribution is -2.37. The summed E-state index contributed by atoms with van der Waals surface area (Å²) in [5.41, 5.74) is 6.26. The summed E-state index contributed by atoms with van der Waals surface area (Å²) in [6, 6.07) is 5.78. The van der Waals surface area contributed by atoms with Crippen molar-refractivity contribution < 1.29 is 13.2 Å². The average Bonchev–Trinajstić information content (AvgIpc) is 2.43. The largest absolute Gasteiger partial charge is 0.351 e. The molecule has 3 N–H and O–H groups in total. The van der Waals surface area contributed by atoms with Gasteiger partial charge in [-0.3, -0.25) is 4.79 Å². The molecule has 22 heavy (non-hydrogen) atoms. The third kappa shape index (κ3) is 5.24. The van der Waals surface area contributed by atoms with Crippen molar-refractivity contribution in [2.75, 3.05) is 7.05 Å². The van der Waals surface area contributed by atoms with Gasteiger partial charge in [-0.15, -0.1) is 12.4 Å². The van der Waals surface area contributed by atoms with Gasteiger partial charge in [0.25, 0.3) is 0 Å². The van der Waals surface area contributed by atoms with Crippen molar-refractivity contribution in [2.24, 2.45) is 5.73 Å². The number of hydrogen-bond acceptors (Lipinski definition) is 4. The second kappa shape index (κ2) is 8.47. The van der Waals surface area contributed by atoms with E-state index < -0.39 is 16.1 Å². The molecule has 0 fully saturated rings. The Morgan fingerprint density at radius 1 is 1.23 bits per heavy atom. The van der Waals surface area contributed by atoms with Crippen LogP contribution in [0.1, 0.15) is 26.3 Å². The molecule has 0 aliphatic rings. The Bertz CT molecular complexity index is 586. The van der Waals surface area contributed by atoms with Gasteiger partial charge in [0.1, 0.15) is 0 Å². The van der Waals surface area contributed by atoms with Gasteiger partial charge in [0.05, 0.1) is 10.9 Å². The molecule has 0 bridgehead atoms. The fraction of sp³-hybridized carbons (Fsp3) is 0.500. The maximum atomic E-state index is 12.3. The Hall–Kier alpha value is -1.15. The van der Waals surface area contributed by atoms with E-state index >= 15 is 0 Å². The Balaban J connectivity index is 0.00000441. The van der Waals surface area contributed by atoms with Crippen LogP contribution in [0.15, 0.2) is 29.2 Å². The minimum absolute atomic E-state index is 0. The van der Waals surface area contributed by atoms with Gasteiger partial charge >= 0.3 is 0 Å². The molecule has 0 heterocycles. The van der Waals surface area contributed by atoms with Crippen LogP contribution < -0.4 is 11.1 Å². The van der Waals surface area contributed by atoms with Crippen LogP contribution in [-0.4, -0.2) is 37.8 Å². The number of carbonyl (C=O) groups excluding carboxylic acids is 1. The van der Waals surface area contributed by atoms with Crippen molar-refractivity contribution in [2.45, 2.75) is 44.3 Å². The molecule has 0 spiro atoms. The monoisotopic (exact) mass is 349 g/mol. The van der Waals surface area contributed by atoms with Gasteiger partial charge < -0.3 is 11.1 Å². The fourth-order valence-corrected chi connectivity index (χ4v) is 2.94. The number of nitrogens with one attached hydrogen (secondary N) is 1. The van der Waals surface area contributed by atoms with E-state index in [1.807, 2.05) is 13.8 Å². The summed E-state index contributed by atoms with van der Waals surface area (Å²) in [6.07, 6.45) is 0. The van der Waals surface area contributed by atoms with E-state index in [9.17, 15) is 13.2 Å². The minimum Gasteiger partial charge on any atom is -0.351 e. The van der Waals surface area contributed by atoms with Crippen LogP contribution in [0, 0.1) is 0 Å². The highest BCUT2D eigenvalue weighted by Gasteiger charge is 2.22. The zero-order valence-corrected chi connectivity index (χ0v) is 14.9. The van der Waals surface area contributed by atoms with Crippen LogP contribution in [0.3, 0.4) is 0 Å². The summed E-state index contributed by atoms with van der Waals surface area (Å²) in [4.78, 5) is 11.6. The average molecular weight is 350 g/mol. The third-order valence-corrected chi connectivity index (χ3v) is 5.26. The summed E-state index contributed by atoms with van der Waals surface area (Å²) in [5, 5.41) is 2.67. The summed E-state index contributed by atoms with van der Waals surface area (Å²) in [7, 11) is -1.92. The quantitative estimate of drug-likeness (QED) is 0.804. The molecule has 0 aliphatic carbocycles. The van der Waals surface area contributed by atoms with Gasteiger partial charge in [-0.2, -0.15) is 4.31 Å². The standard InChI is InChI=1S/C14H23N3O3S.ClH/c1-10(2)17(4)21(19,20)13-7-5-12(6-8-13)9-16-14(18)11(3)15;/h5-8,10-11H,9,15H2,1-4H3,(H,16,18);1H/t11-;/m1./s1. The van der Waals surface area contributed by atoms with Gasteiger partial charge in [0, 0.05) is 19.6 Å². The maximum absolute atomic E-state index is 12.3. The first-order chi connectivity index (χ1) is 9.66. The predicted octanol–water partition coefficient (Wildman–Crippen LogP) is 1.10. The fourth-order valence-electron chi connectivity index (χ4n) is 1.57. The van der Waals surface area contributed by atoms with E-state index in [1.165, 1.54) is 4.31 Å². The lowest BCUT2D eigenvalue weighted by molar-refractivity contribution is -0.122. The van der Waals surface area contributed by atoms with E-state index in [1.54, 1.807) is 38.2 Å². The van der Waals surface area contributed by atoms with E-state index in [2.05, 4.69) is 5.32 Å². The van der Waals surface area contributed by atoms with Gasteiger partial charge in [0.2, 0.25) is 15.9 Å². The third-order valence-electron chi connectivity index (χ3n) is 3.21. The van der Waals surface area contributed by atoms with Crippen LogP contribution in [0.4, 0.5) is 0 Å². The van der Waals surface area contributed by atoms with E-state index in [-0.39, 0.29) is 29.3 Å². The Morgan fingerprint density at radius 3 is 2.14 bits per heavy atom. The first kappa shape index (κ1) is 20.9. The van der Waals surface area contributed by atoms with Crippen molar-refractivity contribution in [1.82, 2.24) is 9.62 Å². The molecular weight excluding hydrogens is 326 g/mol. The van der Waals surface area contributed by atoms with Crippen molar-refractivity contribution in [3.63, 3.8) is 0 Å². The molecule has 8 heteroatoms. The van der Waals surface area contributed by atoms with Gasteiger partial charge in [-0.05, 0) is 38.5 Å². The number of rotatable bonds is 6. The van der Waals surface area contributed by atoms with Crippen LogP contribution >= 0.6 is 12.4 Å². The van der Waals surface area contributed by atoms with Crippen LogP contribution in [0.5, 0.6) is 0 Å². The zero-order valence-electron chi connectivity index (χ0n) is 13.2.